The minimum absolute atomic E-state index is 0.101. The van der Waals surface area contributed by atoms with Gasteiger partial charge in [-0.15, -0.1) is 11.3 Å². The van der Waals surface area contributed by atoms with Gasteiger partial charge in [0.2, 0.25) is 5.95 Å². The Kier molecular flexibility index (Phi) is 5.59. The highest BCUT2D eigenvalue weighted by atomic mass is 79.9. The van der Waals surface area contributed by atoms with Crippen LogP contribution in [0.5, 0.6) is 0 Å². The molecule has 0 saturated carbocycles. The average molecular weight is 441 g/mol. The Labute approximate surface area is 161 Å². The van der Waals surface area contributed by atoms with Crippen molar-refractivity contribution in [3.05, 3.63) is 51.3 Å². The molecular weight excluding hydrogens is 426 g/mol. The fraction of sp³-hybridized carbons (Fsp3) is 0.235. The lowest BCUT2D eigenvalue weighted by Gasteiger charge is -2.11. The minimum Gasteiger partial charge on any atom is -0.386 e. The van der Waals surface area contributed by atoms with Crippen molar-refractivity contribution in [1.82, 2.24) is 15.0 Å². The van der Waals surface area contributed by atoms with Crippen LogP contribution in [0.1, 0.15) is 35.7 Å². The first-order chi connectivity index (χ1) is 12.3. The third-order valence-corrected chi connectivity index (χ3v) is 5.81. The number of benzene rings is 1. The average Bonchev–Trinajstić information content (AvgIpc) is 3.08. The molecule has 5 nitrogen and oxygen atoms in total. The predicted octanol–water partition coefficient (Wildman–Crippen LogP) is 5.41. The fourth-order valence-electron chi connectivity index (χ4n) is 2.31. The molecule has 0 aliphatic heterocycles. The van der Waals surface area contributed by atoms with Crippen LogP contribution in [0, 0.1) is 6.92 Å². The largest absolute Gasteiger partial charge is 0.386 e. The second kappa shape index (κ2) is 7.73. The van der Waals surface area contributed by atoms with Gasteiger partial charge in [0.05, 0.1) is 4.88 Å². The van der Waals surface area contributed by atoms with Crippen molar-refractivity contribution in [2.24, 2.45) is 0 Å². The Bertz CT molecular complexity index is 933. The summed E-state index contributed by atoms with van der Waals surface area (Å²) in [4.78, 5) is 12.9. The van der Waals surface area contributed by atoms with Crippen LogP contribution in [-0.2, 0) is 0 Å². The van der Waals surface area contributed by atoms with E-state index in [9.17, 15) is 13.9 Å². The van der Waals surface area contributed by atoms with E-state index in [2.05, 4.69) is 36.2 Å². The second-order valence-corrected chi connectivity index (χ2v) is 7.48. The van der Waals surface area contributed by atoms with E-state index in [1.807, 2.05) is 19.1 Å². The van der Waals surface area contributed by atoms with Gasteiger partial charge in [0.15, 0.2) is 0 Å². The van der Waals surface area contributed by atoms with E-state index < -0.39 is 12.5 Å². The Hall–Kier alpha value is -1.97. The molecule has 1 aromatic carbocycles. The molecule has 2 N–H and O–H groups in total. The number of nitrogens with zero attached hydrogens (tertiary/aromatic N) is 3. The summed E-state index contributed by atoms with van der Waals surface area (Å²) >= 11 is 4.96. The van der Waals surface area contributed by atoms with E-state index in [-0.39, 0.29) is 11.6 Å². The molecule has 0 aliphatic rings. The van der Waals surface area contributed by atoms with Crippen molar-refractivity contribution in [2.45, 2.75) is 26.4 Å². The van der Waals surface area contributed by atoms with Crippen LogP contribution in [0.25, 0.3) is 10.4 Å². The lowest BCUT2D eigenvalue weighted by molar-refractivity contribution is 0.146. The summed E-state index contributed by atoms with van der Waals surface area (Å²) in [5.74, 6) is 0.101. The number of rotatable bonds is 5. The topological polar surface area (TPSA) is 70.9 Å². The zero-order valence-electron chi connectivity index (χ0n) is 13.9. The summed E-state index contributed by atoms with van der Waals surface area (Å²) in [7, 11) is 0. The molecule has 2 heterocycles. The minimum atomic E-state index is -2.66. The van der Waals surface area contributed by atoms with Crippen molar-refractivity contribution in [2.75, 3.05) is 5.32 Å². The standard InChI is InChI=1S/C17H15BrF2N4OS/c1-8-5-10(23-17-21-4-3-12(24-17)15(19)20)6-11(14(8)18)13-7-22-16(26-13)9(2)25/h3-7,9,15,25H,1-2H3,(H,21,23,24). The summed E-state index contributed by atoms with van der Waals surface area (Å²) in [6.45, 7) is 3.58. The summed E-state index contributed by atoms with van der Waals surface area (Å²) in [5, 5.41) is 13.3. The van der Waals surface area contributed by atoms with Gasteiger partial charge in [0.1, 0.15) is 16.8 Å². The number of alkyl halides is 2. The number of aryl methyl sites for hydroxylation is 1. The highest BCUT2D eigenvalue weighted by molar-refractivity contribution is 9.10. The zero-order valence-corrected chi connectivity index (χ0v) is 16.3. The van der Waals surface area contributed by atoms with Crippen molar-refractivity contribution < 1.29 is 13.9 Å². The lowest BCUT2D eigenvalue weighted by atomic mass is 10.1. The number of hydrogen-bond acceptors (Lipinski definition) is 6. The maximum Gasteiger partial charge on any atom is 0.280 e. The van der Waals surface area contributed by atoms with Gasteiger partial charge < -0.3 is 10.4 Å². The number of hydrogen-bond donors (Lipinski definition) is 2. The Morgan fingerprint density at radius 3 is 2.69 bits per heavy atom. The van der Waals surface area contributed by atoms with Crippen LogP contribution in [0.15, 0.2) is 35.1 Å². The van der Waals surface area contributed by atoms with E-state index in [4.69, 9.17) is 0 Å². The van der Waals surface area contributed by atoms with E-state index in [0.717, 1.165) is 20.5 Å². The first-order valence-corrected chi connectivity index (χ1v) is 9.28. The number of anilines is 2. The van der Waals surface area contributed by atoms with E-state index in [1.165, 1.54) is 23.6 Å². The predicted molar refractivity (Wildman–Crippen MR) is 101 cm³/mol. The zero-order chi connectivity index (χ0) is 18.8. The van der Waals surface area contributed by atoms with Gasteiger partial charge in [-0.05, 0) is 53.5 Å². The molecule has 0 spiro atoms. The molecule has 1 unspecified atom stereocenters. The third kappa shape index (κ3) is 4.05. The number of halogens is 3. The van der Waals surface area contributed by atoms with Gasteiger partial charge in [-0.2, -0.15) is 0 Å². The molecule has 0 radical (unpaired) electrons. The maximum atomic E-state index is 12.8. The molecule has 1 atom stereocenters. The monoisotopic (exact) mass is 440 g/mol. The highest BCUT2D eigenvalue weighted by Gasteiger charge is 2.15. The molecule has 0 fully saturated rings. The van der Waals surface area contributed by atoms with Crippen molar-refractivity contribution in [1.29, 1.82) is 0 Å². The second-order valence-electron chi connectivity index (χ2n) is 5.62. The quantitative estimate of drug-likeness (QED) is 0.555. The smallest absolute Gasteiger partial charge is 0.280 e. The molecule has 3 aromatic rings. The third-order valence-electron chi connectivity index (χ3n) is 3.56. The van der Waals surface area contributed by atoms with Crippen molar-refractivity contribution in [3.8, 4) is 10.4 Å². The van der Waals surface area contributed by atoms with Gasteiger partial charge in [-0.3, -0.25) is 0 Å². The normalized spacial score (nSPS) is 12.4. The molecular formula is C17H15BrF2N4OS. The molecule has 0 saturated heterocycles. The molecule has 9 heteroatoms. The number of aliphatic hydroxyl groups is 1. The highest BCUT2D eigenvalue weighted by Crippen LogP contribution is 2.38. The Balaban J connectivity index is 1.96. The van der Waals surface area contributed by atoms with Gasteiger partial charge in [-0.1, -0.05) is 0 Å². The van der Waals surface area contributed by atoms with Crippen LogP contribution in [0.2, 0.25) is 0 Å². The maximum absolute atomic E-state index is 12.8. The summed E-state index contributed by atoms with van der Waals surface area (Å²) in [5.41, 5.74) is 2.16. The SMILES string of the molecule is Cc1cc(Nc2nccc(C(F)F)n2)cc(-c2cnc(C(C)O)s2)c1Br. The van der Waals surface area contributed by atoms with E-state index in [0.29, 0.717) is 10.7 Å². The van der Waals surface area contributed by atoms with E-state index >= 15 is 0 Å². The number of aromatic nitrogens is 3. The molecule has 136 valence electrons. The van der Waals surface area contributed by atoms with Crippen molar-refractivity contribution in [3.63, 3.8) is 0 Å². The van der Waals surface area contributed by atoms with Crippen LogP contribution in [0.4, 0.5) is 20.4 Å². The number of thiazole rings is 1. The van der Waals surface area contributed by atoms with Crippen molar-refractivity contribution >= 4 is 38.9 Å². The van der Waals surface area contributed by atoms with E-state index in [1.54, 1.807) is 13.1 Å². The molecule has 0 bridgehead atoms. The van der Waals surface area contributed by atoms with Crippen LogP contribution < -0.4 is 5.32 Å². The fourth-order valence-corrected chi connectivity index (χ4v) is 3.76. The van der Waals surface area contributed by atoms with Gasteiger partial charge in [0, 0.05) is 28.1 Å². The number of aliphatic hydroxyl groups excluding tert-OH is 1. The lowest BCUT2D eigenvalue weighted by Crippen LogP contribution is -2.00. The Morgan fingerprint density at radius 2 is 2.04 bits per heavy atom. The van der Waals surface area contributed by atoms with Gasteiger partial charge >= 0.3 is 0 Å². The molecule has 26 heavy (non-hydrogen) atoms. The molecule has 2 aromatic heterocycles. The number of nitrogens with one attached hydrogen (secondary N) is 1. The van der Waals surface area contributed by atoms with Gasteiger partial charge in [0.25, 0.3) is 6.43 Å². The van der Waals surface area contributed by atoms with Crippen LogP contribution in [0.3, 0.4) is 0 Å². The molecule has 0 amide bonds. The summed E-state index contributed by atoms with van der Waals surface area (Å²) in [6.07, 6.45) is -0.303. The summed E-state index contributed by atoms with van der Waals surface area (Å²) < 4.78 is 26.5. The first-order valence-electron chi connectivity index (χ1n) is 7.67. The molecule has 0 aliphatic carbocycles. The summed E-state index contributed by atoms with van der Waals surface area (Å²) in [6, 6.07) is 4.90. The Morgan fingerprint density at radius 1 is 1.27 bits per heavy atom. The van der Waals surface area contributed by atoms with Crippen LogP contribution in [-0.4, -0.2) is 20.1 Å². The van der Waals surface area contributed by atoms with Crippen LogP contribution >= 0.6 is 27.3 Å². The van der Waals surface area contributed by atoms with Gasteiger partial charge in [-0.25, -0.2) is 23.7 Å². The molecule has 3 rings (SSSR count). The first kappa shape index (κ1) is 18.8.